The van der Waals surface area contributed by atoms with Gasteiger partial charge in [0.25, 0.3) is 0 Å². The molecule has 0 fully saturated rings. The van der Waals surface area contributed by atoms with Crippen molar-refractivity contribution in [3.05, 3.63) is 34.4 Å². The molecule has 13 heavy (non-hydrogen) atoms. The standard InChI is InChI=1S/C11H18N2/c1-7-4-8(2)11(9(3)5-7)10(13)6-12/h4-5,10H,6,12-13H2,1-3H3. The second kappa shape index (κ2) is 3.90. The molecule has 0 bridgehead atoms. The van der Waals surface area contributed by atoms with Crippen LogP contribution in [0, 0.1) is 20.8 Å². The summed E-state index contributed by atoms with van der Waals surface area (Å²) in [5, 5.41) is 0. The van der Waals surface area contributed by atoms with Crippen LogP contribution < -0.4 is 11.5 Å². The Labute approximate surface area is 79.9 Å². The molecule has 2 nitrogen and oxygen atoms in total. The van der Waals surface area contributed by atoms with Crippen molar-refractivity contribution in [1.29, 1.82) is 0 Å². The van der Waals surface area contributed by atoms with Gasteiger partial charge in [0.05, 0.1) is 0 Å². The van der Waals surface area contributed by atoms with Crippen LogP contribution in [0.25, 0.3) is 0 Å². The van der Waals surface area contributed by atoms with Crippen LogP contribution in [0.15, 0.2) is 12.1 Å². The Hall–Kier alpha value is -0.860. The molecule has 1 aromatic carbocycles. The van der Waals surface area contributed by atoms with Crippen molar-refractivity contribution in [3.8, 4) is 0 Å². The summed E-state index contributed by atoms with van der Waals surface area (Å²) >= 11 is 0. The van der Waals surface area contributed by atoms with E-state index >= 15 is 0 Å². The zero-order valence-electron chi connectivity index (χ0n) is 8.59. The Morgan fingerprint density at radius 2 is 1.62 bits per heavy atom. The topological polar surface area (TPSA) is 52.0 Å². The Morgan fingerprint density at radius 3 is 2.00 bits per heavy atom. The average molecular weight is 178 g/mol. The lowest BCUT2D eigenvalue weighted by Crippen LogP contribution is -2.22. The van der Waals surface area contributed by atoms with Crippen molar-refractivity contribution >= 4 is 0 Å². The lowest BCUT2D eigenvalue weighted by Gasteiger charge is -2.16. The summed E-state index contributed by atoms with van der Waals surface area (Å²) in [6.07, 6.45) is 0. The van der Waals surface area contributed by atoms with E-state index in [-0.39, 0.29) is 6.04 Å². The van der Waals surface area contributed by atoms with Crippen LogP contribution >= 0.6 is 0 Å². The zero-order chi connectivity index (χ0) is 10.0. The van der Waals surface area contributed by atoms with Gasteiger partial charge in [-0.15, -0.1) is 0 Å². The molecule has 2 heteroatoms. The van der Waals surface area contributed by atoms with E-state index in [4.69, 9.17) is 11.5 Å². The maximum absolute atomic E-state index is 5.92. The van der Waals surface area contributed by atoms with Gasteiger partial charge in [-0.3, -0.25) is 0 Å². The zero-order valence-corrected chi connectivity index (χ0v) is 8.59. The van der Waals surface area contributed by atoms with Gasteiger partial charge in [-0.1, -0.05) is 17.7 Å². The van der Waals surface area contributed by atoms with E-state index in [0.717, 1.165) is 0 Å². The van der Waals surface area contributed by atoms with Gasteiger partial charge >= 0.3 is 0 Å². The fourth-order valence-corrected chi connectivity index (χ4v) is 1.89. The number of hydrogen-bond acceptors (Lipinski definition) is 2. The molecule has 0 aliphatic rings. The van der Waals surface area contributed by atoms with Crippen molar-refractivity contribution in [1.82, 2.24) is 0 Å². The number of rotatable bonds is 2. The maximum Gasteiger partial charge on any atom is 0.0424 e. The van der Waals surface area contributed by atoms with E-state index in [2.05, 4.69) is 32.9 Å². The second-order valence-corrected chi connectivity index (χ2v) is 3.65. The molecule has 0 saturated carbocycles. The molecule has 0 heterocycles. The molecule has 0 aliphatic carbocycles. The highest BCUT2D eigenvalue weighted by Crippen LogP contribution is 2.21. The molecule has 0 amide bonds. The number of nitrogens with two attached hydrogens (primary N) is 2. The molecule has 1 rings (SSSR count). The predicted molar refractivity (Wildman–Crippen MR) is 56.6 cm³/mol. The molecule has 0 saturated heterocycles. The first-order chi connectivity index (χ1) is 6.06. The fourth-order valence-electron chi connectivity index (χ4n) is 1.89. The average Bonchev–Trinajstić information content (AvgIpc) is 2.02. The van der Waals surface area contributed by atoms with Crippen LogP contribution in [0.5, 0.6) is 0 Å². The van der Waals surface area contributed by atoms with Crippen LogP contribution in [-0.2, 0) is 0 Å². The normalized spacial score (nSPS) is 13.0. The Kier molecular flexibility index (Phi) is 3.07. The largest absolute Gasteiger partial charge is 0.329 e. The van der Waals surface area contributed by atoms with Crippen molar-refractivity contribution < 1.29 is 0 Å². The minimum Gasteiger partial charge on any atom is -0.329 e. The Morgan fingerprint density at radius 1 is 1.15 bits per heavy atom. The highest BCUT2D eigenvalue weighted by Gasteiger charge is 2.10. The summed E-state index contributed by atoms with van der Waals surface area (Å²) in [5.41, 5.74) is 16.4. The Balaban J connectivity index is 3.20. The molecule has 0 aromatic heterocycles. The third-order valence-electron chi connectivity index (χ3n) is 2.36. The molecule has 0 aliphatic heterocycles. The van der Waals surface area contributed by atoms with Crippen molar-refractivity contribution in [2.45, 2.75) is 26.8 Å². The van der Waals surface area contributed by atoms with Crippen LogP contribution in [0.1, 0.15) is 28.3 Å². The number of aryl methyl sites for hydroxylation is 3. The van der Waals surface area contributed by atoms with Crippen LogP contribution in [0.3, 0.4) is 0 Å². The summed E-state index contributed by atoms with van der Waals surface area (Å²) < 4.78 is 0. The van der Waals surface area contributed by atoms with Gasteiger partial charge in [0, 0.05) is 12.6 Å². The van der Waals surface area contributed by atoms with E-state index in [9.17, 15) is 0 Å². The summed E-state index contributed by atoms with van der Waals surface area (Å²) in [6.45, 7) is 6.78. The highest BCUT2D eigenvalue weighted by atomic mass is 14.7. The smallest absolute Gasteiger partial charge is 0.0424 e. The van der Waals surface area contributed by atoms with E-state index in [1.54, 1.807) is 0 Å². The molecule has 72 valence electrons. The first-order valence-corrected chi connectivity index (χ1v) is 4.59. The molecule has 4 N–H and O–H groups in total. The van der Waals surface area contributed by atoms with Crippen molar-refractivity contribution in [3.63, 3.8) is 0 Å². The summed E-state index contributed by atoms with van der Waals surface area (Å²) in [6, 6.07) is 4.27. The monoisotopic (exact) mass is 178 g/mol. The molecule has 1 unspecified atom stereocenters. The minimum atomic E-state index is -0.0272. The third-order valence-corrected chi connectivity index (χ3v) is 2.36. The van der Waals surface area contributed by atoms with Gasteiger partial charge in [0.15, 0.2) is 0 Å². The summed E-state index contributed by atoms with van der Waals surface area (Å²) in [4.78, 5) is 0. The van der Waals surface area contributed by atoms with Crippen LogP contribution in [0.4, 0.5) is 0 Å². The van der Waals surface area contributed by atoms with Crippen LogP contribution in [0.2, 0.25) is 0 Å². The molecular formula is C11H18N2. The lowest BCUT2D eigenvalue weighted by molar-refractivity contribution is 0.725. The molecule has 0 radical (unpaired) electrons. The molecular weight excluding hydrogens is 160 g/mol. The molecule has 1 atom stereocenters. The lowest BCUT2D eigenvalue weighted by atomic mass is 9.94. The van der Waals surface area contributed by atoms with Gasteiger partial charge in [-0.25, -0.2) is 0 Å². The number of benzene rings is 1. The Bertz CT molecular complexity index is 282. The molecule has 0 spiro atoms. The van der Waals surface area contributed by atoms with Gasteiger partial charge in [0.2, 0.25) is 0 Å². The van der Waals surface area contributed by atoms with E-state index in [0.29, 0.717) is 6.54 Å². The minimum absolute atomic E-state index is 0.0272. The highest BCUT2D eigenvalue weighted by molar-refractivity contribution is 5.39. The van der Waals surface area contributed by atoms with Gasteiger partial charge in [-0.05, 0) is 37.5 Å². The van der Waals surface area contributed by atoms with Gasteiger partial charge in [0.1, 0.15) is 0 Å². The van der Waals surface area contributed by atoms with Crippen molar-refractivity contribution in [2.24, 2.45) is 11.5 Å². The van der Waals surface area contributed by atoms with E-state index < -0.39 is 0 Å². The third kappa shape index (κ3) is 2.08. The van der Waals surface area contributed by atoms with Crippen LogP contribution in [-0.4, -0.2) is 6.54 Å². The number of hydrogen-bond donors (Lipinski definition) is 2. The van der Waals surface area contributed by atoms with E-state index in [1.165, 1.54) is 22.3 Å². The van der Waals surface area contributed by atoms with Crippen molar-refractivity contribution in [2.75, 3.05) is 6.54 Å². The molecule has 1 aromatic rings. The van der Waals surface area contributed by atoms with Gasteiger partial charge < -0.3 is 11.5 Å². The summed E-state index contributed by atoms with van der Waals surface area (Å²) in [7, 11) is 0. The van der Waals surface area contributed by atoms with Gasteiger partial charge in [-0.2, -0.15) is 0 Å². The van der Waals surface area contributed by atoms with E-state index in [1.807, 2.05) is 0 Å². The SMILES string of the molecule is Cc1cc(C)c(C(N)CN)c(C)c1. The second-order valence-electron chi connectivity index (χ2n) is 3.65. The first kappa shape index (κ1) is 10.2. The summed E-state index contributed by atoms with van der Waals surface area (Å²) in [5.74, 6) is 0. The quantitative estimate of drug-likeness (QED) is 0.722. The maximum atomic E-state index is 5.92. The predicted octanol–water partition coefficient (Wildman–Crippen LogP) is 1.57. The first-order valence-electron chi connectivity index (χ1n) is 4.59. The fraction of sp³-hybridized carbons (Fsp3) is 0.455.